The van der Waals surface area contributed by atoms with Gasteiger partial charge in [0.25, 0.3) is 0 Å². The summed E-state index contributed by atoms with van der Waals surface area (Å²) in [7, 11) is 1.98. The molecule has 1 aliphatic rings. The highest BCUT2D eigenvalue weighted by molar-refractivity contribution is 5.98. The van der Waals surface area contributed by atoms with E-state index in [0.29, 0.717) is 17.8 Å². The maximum Gasteiger partial charge on any atom is 0.241 e. The number of hydrogen-bond donors (Lipinski definition) is 1. The van der Waals surface area contributed by atoms with E-state index in [4.69, 9.17) is 0 Å². The van der Waals surface area contributed by atoms with Crippen molar-refractivity contribution in [2.24, 2.45) is 0 Å². The zero-order valence-electron chi connectivity index (χ0n) is 17.6. The molecule has 154 valence electrons. The number of rotatable bonds is 7. The molecule has 0 aliphatic carbocycles. The number of carbonyl (C=O) groups excluding carboxylic acids is 2. The summed E-state index contributed by atoms with van der Waals surface area (Å²) >= 11 is 0. The third-order valence-electron chi connectivity index (χ3n) is 5.69. The molecule has 1 amide bonds. The van der Waals surface area contributed by atoms with Crippen molar-refractivity contribution in [1.82, 2.24) is 4.90 Å². The molecule has 2 aromatic rings. The Morgan fingerprint density at radius 1 is 1.07 bits per heavy atom. The molecule has 1 saturated heterocycles. The van der Waals surface area contributed by atoms with Gasteiger partial charge < -0.3 is 10.2 Å². The lowest BCUT2D eigenvalue weighted by Gasteiger charge is -2.32. The van der Waals surface area contributed by atoms with Crippen LogP contribution in [0.15, 0.2) is 48.5 Å². The van der Waals surface area contributed by atoms with Gasteiger partial charge >= 0.3 is 0 Å². The minimum Gasteiger partial charge on any atom is -0.371 e. The second-order valence-electron chi connectivity index (χ2n) is 7.89. The summed E-state index contributed by atoms with van der Waals surface area (Å²) in [6.07, 6.45) is 3.78. The van der Waals surface area contributed by atoms with Gasteiger partial charge in [0.15, 0.2) is 5.78 Å². The van der Waals surface area contributed by atoms with Gasteiger partial charge in [0.1, 0.15) is 0 Å². The van der Waals surface area contributed by atoms with Crippen LogP contribution in [0.4, 0.5) is 11.4 Å². The number of Topliss-reactive ketones (excluding diaryl/α,β-unsaturated/α-hetero) is 1. The first kappa shape index (κ1) is 21.1. The summed E-state index contributed by atoms with van der Waals surface area (Å²) in [5.74, 6) is -0.0933. The molecular weight excluding hydrogens is 362 g/mol. The quantitative estimate of drug-likeness (QED) is 0.711. The third kappa shape index (κ3) is 5.45. The van der Waals surface area contributed by atoms with Gasteiger partial charge in [-0.05, 0) is 63.9 Å². The Morgan fingerprint density at radius 3 is 2.52 bits per heavy atom. The van der Waals surface area contributed by atoms with E-state index in [2.05, 4.69) is 39.4 Å². The van der Waals surface area contributed by atoms with Crippen LogP contribution < -0.4 is 10.2 Å². The van der Waals surface area contributed by atoms with Crippen molar-refractivity contribution < 1.29 is 9.59 Å². The van der Waals surface area contributed by atoms with Gasteiger partial charge in [-0.25, -0.2) is 0 Å². The van der Waals surface area contributed by atoms with Crippen LogP contribution in [0.1, 0.15) is 49.0 Å². The fourth-order valence-electron chi connectivity index (χ4n) is 3.76. The van der Waals surface area contributed by atoms with Gasteiger partial charge in [-0.15, -0.1) is 0 Å². The van der Waals surface area contributed by atoms with Gasteiger partial charge in [0, 0.05) is 36.6 Å². The van der Waals surface area contributed by atoms with Crippen molar-refractivity contribution in [2.75, 3.05) is 30.4 Å². The van der Waals surface area contributed by atoms with Gasteiger partial charge in [-0.1, -0.05) is 30.3 Å². The number of piperidine rings is 1. The van der Waals surface area contributed by atoms with E-state index in [9.17, 15) is 9.59 Å². The Morgan fingerprint density at radius 2 is 1.79 bits per heavy atom. The molecule has 5 heteroatoms. The number of benzene rings is 2. The summed E-state index contributed by atoms with van der Waals surface area (Å²) in [6.45, 7) is 6.34. The zero-order chi connectivity index (χ0) is 20.8. The lowest BCUT2D eigenvalue weighted by molar-refractivity contribution is -0.120. The maximum atomic E-state index is 12.8. The van der Waals surface area contributed by atoms with Crippen LogP contribution >= 0.6 is 0 Å². The molecule has 0 radical (unpaired) electrons. The van der Waals surface area contributed by atoms with E-state index >= 15 is 0 Å². The minimum atomic E-state index is -0.301. The van der Waals surface area contributed by atoms with Crippen LogP contribution in [0.2, 0.25) is 0 Å². The second kappa shape index (κ2) is 9.70. The van der Waals surface area contributed by atoms with Gasteiger partial charge in [0.2, 0.25) is 5.91 Å². The number of likely N-dealkylation sites (N-methyl/N-ethyl adjacent to an activating group) is 1. The first-order chi connectivity index (χ1) is 14.0. The SMILES string of the molecule is CC(=O)c1cccc(NC(=O)C(C)N(C)Cc2ccccc2N2CCCCC2)c1. The molecule has 1 fully saturated rings. The molecule has 1 N–H and O–H groups in total. The lowest BCUT2D eigenvalue weighted by Crippen LogP contribution is -2.39. The highest BCUT2D eigenvalue weighted by atomic mass is 16.2. The van der Waals surface area contributed by atoms with Crippen LogP contribution in [-0.2, 0) is 11.3 Å². The number of para-hydroxylation sites is 1. The number of nitrogens with one attached hydrogen (secondary N) is 1. The smallest absolute Gasteiger partial charge is 0.241 e. The van der Waals surface area contributed by atoms with Gasteiger partial charge in [-0.2, -0.15) is 0 Å². The van der Waals surface area contributed by atoms with E-state index in [1.807, 2.05) is 20.0 Å². The average molecular weight is 394 g/mol. The predicted molar refractivity (Wildman–Crippen MR) is 119 cm³/mol. The topological polar surface area (TPSA) is 52.7 Å². The summed E-state index contributed by atoms with van der Waals surface area (Å²) in [5, 5.41) is 2.94. The van der Waals surface area contributed by atoms with E-state index in [-0.39, 0.29) is 17.7 Å². The number of hydrogen-bond acceptors (Lipinski definition) is 4. The fourth-order valence-corrected chi connectivity index (χ4v) is 3.76. The molecule has 3 rings (SSSR count). The van der Waals surface area contributed by atoms with Crippen molar-refractivity contribution in [3.63, 3.8) is 0 Å². The van der Waals surface area contributed by atoms with Crippen LogP contribution in [0.5, 0.6) is 0 Å². The molecular formula is C24H31N3O2. The molecule has 2 aromatic carbocycles. The van der Waals surface area contributed by atoms with Crippen LogP contribution in [0.25, 0.3) is 0 Å². The first-order valence-corrected chi connectivity index (χ1v) is 10.4. The van der Waals surface area contributed by atoms with Gasteiger partial charge in [0.05, 0.1) is 6.04 Å². The summed E-state index contributed by atoms with van der Waals surface area (Å²) in [5.41, 5.74) is 3.77. The van der Waals surface area contributed by atoms with Crippen LogP contribution in [0.3, 0.4) is 0 Å². The van der Waals surface area contributed by atoms with Crippen molar-refractivity contribution in [3.05, 3.63) is 59.7 Å². The minimum absolute atomic E-state index is 0.0133. The molecule has 0 bridgehead atoms. The standard InChI is InChI=1S/C24H31N3O2/c1-18(24(29)25-22-12-9-11-20(16-22)19(2)28)26(3)17-21-10-5-6-13-23(21)27-14-7-4-8-15-27/h5-6,9-13,16,18H,4,7-8,14-15,17H2,1-3H3,(H,25,29). The van der Waals surface area contributed by atoms with Crippen molar-refractivity contribution in [1.29, 1.82) is 0 Å². The van der Waals surface area contributed by atoms with Crippen molar-refractivity contribution in [2.45, 2.75) is 45.7 Å². The lowest BCUT2D eigenvalue weighted by atomic mass is 10.1. The Balaban J connectivity index is 1.66. The summed E-state index contributed by atoms with van der Waals surface area (Å²) in [4.78, 5) is 28.9. The molecule has 0 spiro atoms. The third-order valence-corrected chi connectivity index (χ3v) is 5.69. The Labute approximate surface area is 173 Å². The van der Waals surface area contributed by atoms with E-state index in [0.717, 1.165) is 13.1 Å². The summed E-state index contributed by atoms with van der Waals surface area (Å²) in [6, 6.07) is 15.3. The molecule has 1 atom stereocenters. The Kier molecular flexibility index (Phi) is 7.04. The number of amides is 1. The predicted octanol–water partition coefficient (Wildman–Crippen LogP) is 4.34. The maximum absolute atomic E-state index is 12.8. The molecule has 29 heavy (non-hydrogen) atoms. The number of nitrogens with zero attached hydrogens (tertiary/aromatic N) is 2. The number of carbonyl (C=O) groups is 2. The van der Waals surface area contributed by atoms with E-state index in [1.165, 1.54) is 37.4 Å². The highest BCUT2D eigenvalue weighted by Crippen LogP contribution is 2.25. The molecule has 1 unspecified atom stereocenters. The Hall–Kier alpha value is -2.66. The molecule has 1 aliphatic heterocycles. The fraction of sp³-hybridized carbons (Fsp3) is 0.417. The molecule has 5 nitrogen and oxygen atoms in total. The Bertz CT molecular complexity index is 859. The van der Waals surface area contributed by atoms with Crippen LogP contribution in [0, 0.1) is 0 Å². The summed E-state index contributed by atoms with van der Waals surface area (Å²) < 4.78 is 0. The second-order valence-corrected chi connectivity index (χ2v) is 7.89. The van der Waals surface area contributed by atoms with Crippen molar-refractivity contribution in [3.8, 4) is 0 Å². The molecule has 0 saturated carbocycles. The van der Waals surface area contributed by atoms with E-state index < -0.39 is 0 Å². The normalized spacial score (nSPS) is 15.2. The molecule has 0 aromatic heterocycles. The number of anilines is 2. The highest BCUT2D eigenvalue weighted by Gasteiger charge is 2.21. The molecule has 1 heterocycles. The monoisotopic (exact) mass is 393 g/mol. The zero-order valence-corrected chi connectivity index (χ0v) is 17.6. The first-order valence-electron chi connectivity index (χ1n) is 10.4. The van der Waals surface area contributed by atoms with Crippen molar-refractivity contribution >= 4 is 23.1 Å². The number of ketones is 1. The largest absolute Gasteiger partial charge is 0.371 e. The van der Waals surface area contributed by atoms with E-state index in [1.54, 1.807) is 18.2 Å². The average Bonchev–Trinajstić information content (AvgIpc) is 2.74. The van der Waals surface area contributed by atoms with Gasteiger partial charge in [-0.3, -0.25) is 14.5 Å². The van der Waals surface area contributed by atoms with Crippen LogP contribution in [-0.4, -0.2) is 42.8 Å².